The minimum atomic E-state index is -1.13. The van der Waals surface area contributed by atoms with Gasteiger partial charge in [-0.05, 0) is 42.5 Å². The highest BCUT2D eigenvalue weighted by Crippen LogP contribution is 2.23. The van der Waals surface area contributed by atoms with Crippen molar-refractivity contribution in [2.45, 2.75) is 0 Å². The molecule has 0 saturated heterocycles. The highest BCUT2D eigenvalue weighted by atomic mass is 79.9. The number of carbonyl (C=O) groups is 2. The van der Waals surface area contributed by atoms with Crippen LogP contribution in [0.25, 0.3) is 0 Å². The molecule has 3 N–H and O–H groups in total. The van der Waals surface area contributed by atoms with Crippen LogP contribution < -0.4 is 15.4 Å². The lowest BCUT2D eigenvalue weighted by molar-refractivity contribution is -0.121. The Morgan fingerprint density at radius 2 is 1.96 bits per heavy atom. The van der Waals surface area contributed by atoms with Crippen LogP contribution in [0.4, 0.5) is 5.69 Å². The van der Waals surface area contributed by atoms with E-state index >= 15 is 0 Å². The van der Waals surface area contributed by atoms with Crippen LogP contribution >= 0.6 is 39.7 Å². The number of ether oxygens (including phenoxy) is 1. The van der Waals surface area contributed by atoms with Crippen molar-refractivity contribution in [3.8, 4) is 5.75 Å². The quantitative estimate of drug-likeness (QED) is 0.611. The topological polar surface area (TPSA) is 87.7 Å². The van der Waals surface area contributed by atoms with Crippen LogP contribution in [-0.2, 0) is 4.79 Å². The maximum atomic E-state index is 11.9. The Balaban J connectivity index is 1.93. The summed E-state index contributed by atoms with van der Waals surface area (Å²) in [6.07, 6.45) is 0. The number of carboxylic acid groups (broad SMARTS) is 1. The molecule has 0 aliphatic heterocycles. The zero-order valence-electron chi connectivity index (χ0n) is 12.6. The van der Waals surface area contributed by atoms with Crippen molar-refractivity contribution < 1.29 is 19.4 Å². The number of anilines is 1. The monoisotopic (exact) mass is 442 g/mol. The molecule has 0 unspecified atom stereocenters. The lowest BCUT2D eigenvalue weighted by Crippen LogP contribution is -2.37. The predicted molar refractivity (Wildman–Crippen MR) is 102 cm³/mol. The molecule has 0 aliphatic rings. The molecule has 0 saturated carbocycles. The molecule has 0 aliphatic carbocycles. The Kier molecular flexibility index (Phi) is 6.74. The van der Waals surface area contributed by atoms with Gasteiger partial charge < -0.3 is 15.2 Å². The van der Waals surface area contributed by atoms with E-state index in [1.165, 1.54) is 12.1 Å². The van der Waals surface area contributed by atoms with Gasteiger partial charge in [0.1, 0.15) is 5.75 Å². The second-order valence-corrected chi connectivity index (χ2v) is 6.45. The normalized spacial score (nSPS) is 10.0. The van der Waals surface area contributed by atoms with E-state index in [0.29, 0.717) is 15.2 Å². The van der Waals surface area contributed by atoms with Crippen LogP contribution in [0.3, 0.4) is 0 Å². The summed E-state index contributed by atoms with van der Waals surface area (Å²) in [6.45, 7) is -0.294. The van der Waals surface area contributed by atoms with Gasteiger partial charge in [0.2, 0.25) is 0 Å². The molecule has 130 valence electrons. The summed E-state index contributed by atoms with van der Waals surface area (Å²) in [4.78, 5) is 23.1. The average molecular weight is 444 g/mol. The minimum Gasteiger partial charge on any atom is -0.482 e. The van der Waals surface area contributed by atoms with Gasteiger partial charge in [-0.25, -0.2) is 4.79 Å². The van der Waals surface area contributed by atoms with E-state index in [1.807, 2.05) is 0 Å². The number of hydrogen-bond acceptors (Lipinski definition) is 4. The van der Waals surface area contributed by atoms with Crippen LogP contribution in [0.15, 0.2) is 46.9 Å². The van der Waals surface area contributed by atoms with Gasteiger partial charge in [0, 0.05) is 4.47 Å². The second kappa shape index (κ2) is 8.80. The molecule has 0 radical (unpaired) electrons. The molecule has 0 aromatic heterocycles. The number of amides is 1. The number of rotatable bonds is 5. The van der Waals surface area contributed by atoms with E-state index in [2.05, 4.69) is 26.6 Å². The fourth-order valence-electron chi connectivity index (χ4n) is 1.82. The highest BCUT2D eigenvalue weighted by Gasteiger charge is 2.13. The van der Waals surface area contributed by atoms with E-state index in [1.54, 1.807) is 30.3 Å². The summed E-state index contributed by atoms with van der Waals surface area (Å²) in [5.74, 6) is -1.26. The van der Waals surface area contributed by atoms with Crippen molar-refractivity contribution in [2.24, 2.45) is 0 Å². The molecular weight excluding hydrogens is 432 g/mol. The Labute approximate surface area is 162 Å². The van der Waals surface area contributed by atoms with Crippen LogP contribution in [-0.4, -0.2) is 28.7 Å². The summed E-state index contributed by atoms with van der Waals surface area (Å²) < 4.78 is 5.91. The Hall–Kier alpha value is -2.16. The predicted octanol–water partition coefficient (Wildman–Crippen LogP) is 3.69. The fraction of sp³-hybridized carbons (Fsp3) is 0.0625. The molecule has 0 spiro atoms. The van der Waals surface area contributed by atoms with Gasteiger partial charge in [-0.15, -0.1) is 0 Å². The molecule has 0 heterocycles. The number of aromatic carboxylic acids is 1. The van der Waals surface area contributed by atoms with Crippen LogP contribution in [0, 0.1) is 0 Å². The average Bonchev–Trinajstić information content (AvgIpc) is 2.55. The number of halogens is 2. The number of thiocarbonyl (C=S) groups is 1. The van der Waals surface area contributed by atoms with Gasteiger partial charge >= 0.3 is 5.97 Å². The maximum Gasteiger partial charge on any atom is 0.337 e. The first-order valence-electron chi connectivity index (χ1n) is 6.88. The third-order valence-electron chi connectivity index (χ3n) is 2.91. The van der Waals surface area contributed by atoms with Crippen molar-refractivity contribution in [1.82, 2.24) is 5.32 Å². The SMILES string of the molecule is O=C(COc1ccccc1Cl)NC(=S)Nc1ccc(Br)cc1C(=O)O. The largest absolute Gasteiger partial charge is 0.482 e. The lowest BCUT2D eigenvalue weighted by atomic mass is 10.2. The van der Waals surface area contributed by atoms with Crippen LogP contribution in [0.2, 0.25) is 5.02 Å². The molecule has 2 aromatic carbocycles. The summed E-state index contributed by atoms with van der Waals surface area (Å²) in [6, 6.07) is 11.4. The Bertz CT molecular complexity index is 832. The van der Waals surface area contributed by atoms with Crippen LogP contribution in [0.5, 0.6) is 5.75 Å². The summed E-state index contributed by atoms with van der Waals surface area (Å²) in [7, 11) is 0. The van der Waals surface area contributed by atoms with Gasteiger partial charge in [0.05, 0.1) is 16.3 Å². The van der Waals surface area contributed by atoms with E-state index in [4.69, 9.17) is 28.6 Å². The lowest BCUT2D eigenvalue weighted by Gasteiger charge is -2.12. The second-order valence-electron chi connectivity index (χ2n) is 4.72. The van der Waals surface area contributed by atoms with Gasteiger partial charge in [-0.3, -0.25) is 10.1 Å². The van der Waals surface area contributed by atoms with Crippen molar-refractivity contribution in [1.29, 1.82) is 0 Å². The van der Waals surface area contributed by atoms with Gasteiger partial charge in [0.25, 0.3) is 5.91 Å². The third kappa shape index (κ3) is 5.70. The molecule has 2 aromatic rings. The number of hydrogen-bond donors (Lipinski definition) is 3. The summed E-state index contributed by atoms with van der Waals surface area (Å²) >= 11 is 14.1. The smallest absolute Gasteiger partial charge is 0.337 e. The van der Waals surface area contributed by atoms with E-state index < -0.39 is 11.9 Å². The molecular formula is C16H12BrClN2O4S. The number of carbonyl (C=O) groups excluding carboxylic acids is 1. The molecule has 9 heteroatoms. The number of carboxylic acids is 1. The van der Waals surface area contributed by atoms with Gasteiger partial charge in [0.15, 0.2) is 11.7 Å². The first kappa shape index (κ1) is 19.2. The third-order valence-corrected chi connectivity index (χ3v) is 3.92. The van der Waals surface area contributed by atoms with Gasteiger partial charge in [-0.2, -0.15) is 0 Å². The highest BCUT2D eigenvalue weighted by molar-refractivity contribution is 9.10. The van der Waals surface area contributed by atoms with E-state index in [9.17, 15) is 14.7 Å². The Morgan fingerprint density at radius 1 is 1.24 bits per heavy atom. The molecule has 6 nitrogen and oxygen atoms in total. The molecule has 25 heavy (non-hydrogen) atoms. The first-order valence-corrected chi connectivity index (χ1v) is 8.45. The van der Waals surface area contributed by atoms with Crippen molar-refractivity contribution in [2.75, 3.05) is 11.9 Å². The van der Waals surface area contributed by atoms with Crippen molar-refractivity contribution in [3.63, 3.8) is 0 Å². The maximum absolute atomic E-state index is 11.9. The molecule has 0 bridgehead atoms. The standard InChI is InChI=1S/C16H12BrClN2O4S/c17-9-5-6-12(10(7-9)15(22)23)19-16(25)20-14(21)8-24-13-4-2-1-3-11(13)18/h1-7H,8H2,(H,22,23)(H2,19,20,21,25). The summed E-state index contributed by atoms with van der Waals surface area (Å²) in [5, 5.41) is 14.6. The molecule has 1 amide bonds. The number of nitrogens with one attached hydrogen (secondary N) is 2. The van der Waals surface area contributed by atoms with Crippen molar-refractivity contribution >= 4 is 62.4 Å². The Morgan fingerprint density at radius 3 is 2.64 bits per heavy atom. The molecule has 0 fully saturated rings. The molecule has 0 atom stereocenters. The van der Waals surface area contributed by atoms with Gasteiger partial charge in [-0.1, -0.05) is 39.7 Å². The minimum absolute atomic E-state index is 0.0123. The number of benzene rings is 2. The number of para-hydroxylation sites is 1. The molecule has 2 rings (SSSR count). The fourth-order valence-corrected chi connectivity index (χ4v) is 2.60. The zero-order valence-corrected chi connectivity index (χ0v) is 15.7. The van der Waals surface area contributed by atoms with E-state index in [0.717, 1.165) is 0 Å². The van der Waals surface area contributed by atoms with Crippen LogP contribution in [0.1, 0.15) is 10.4 Å². The van der Waals surface area contributed by atoms with E-state index in [-0.39, 0.29) is 23.0 Å². The zero-order chi connectivity index (χ0) is 18.4. The first-order chi connectivity index (χ1) is 11.9. The summed E-state index contributed by atoms with van der Waals surface area (Å²) in [5.41, 5.74) is 0.270. The van der Waals surface area contributed by atoms with Crippen molar-refractivity contribution in [3.05, 3.63) is 57.5 Å².